The van der Waals surface area contributed by atoms with Gasteiger partial charge in [0.1, 0.15) is 10.6 Å². The molecule has 2 aromatic rings. The van der Waals surface area contributed by atoms with Crippen molar-refractivity contribution < 1.29 is 8.94 Å². The van der Waals surface area contributed by atoms with Crippen LogP contribution in [0.4, 0.5) is 4.39 Å². The molecular weight excluding hydrogens is 347 g/mol. The Morgan fingerprint density at radius 2 is 1.73 bits per heavy atom. The molecule has 2 rings (SSSR count). The molecule has 0 aliphatic carbocycles. The highest BCUT2D eigenvalue weighted by molar-refractivity contribution is 7.90. The molecule has 0 saturated heterocycles. The lowest BCUT2D eigenvalue weighted by Crippen LogP contribution is -2.40. The Morgan fingerprint density at radius 3 is 2.23 bits per heavy atom. The van der Waals surface area contributed by atoms with Crippen molar-refractivity contribution in [2.45, 2.75) is 78.6 Å². The molecule has 1 heterocycles. The van der Waals surface area contributed by atoms with E-state index in [9.17, 15) is 8.94 Å². The van der Waals surface area contributed by atoms with E-state index in [2.05, 4.69) is 29.3 Å². The fourth-order valence-corrected chi connectivity index (χ4v) is 3.89. The second-order valence-electron chi connectivity index (χ2n) is 8.90. The Hall–Kier alpha value is -1.04. The highest BCUT2D eigenvalue weighted by atomic mass is 32.2. The number of nitrogens with one attached hydrogen (secondary N) is 1. The highest BCUT2D eigenvalue weighted by Crippen LogP contribution is 2.32. The lowest BCUT2D eigenvalue weighted by atomic mass is 9.99. The number of hydrogen-bond acceptors (Lipinski definition) is 2. The Kier molecular flexibility index (Phi) is 6.47. The number of rotatable bonds is 6. The predicted octanol–water partition coefficient (Wildman–Crippen LogP) is 5.67. The zero-order valence-corrected chi connectivity index (χ0v) is 18.1. The van der Waals surface area contributed by atoms with E-state index in [4.69, 9.17) is 0 Å². The van der Waals surface area contributed by atoms with Gasteiger partial charge in [-0.05, 0) is 62.8 Å². The summed E-state index contributed by atoms with van der Waals surface area (Å²) in [6.45, 7) is 17.1. The average Bonchev–Trinajstić information content (AvgIpc) is 2.82. The lowest BCUT2D eigenvalue weighted by Gasteiger charge is -2.26. The van der Waals surface area contributed by atoms with Crippen LogP contribution in [0.3, 0.4) is 0 Å². The van der Waals surface area contributed by atoms with E-state index >= 15 is 0 Å². The molecule has 146 valence electrons. The monoisotopic (exact) mass is 380 g/mol. The average molecular weight is 381 g/mol. The van der Waals surface area contributed by atoms with E-state index in [-0.39, 0.29) is 22.5 Å². The Bertz CT molecular complexity index is 761. The van der Waals surface area contributed by atoms with Crippen molar-refractivity contribution in [1.29, 1.82) is 0 Å². The second kappa shape index (κ2) is 7.91. The van der Waals surface area contributed by atoms with Gasteiger partial charge in [0.05, 0.1) is 6.04 Å². The fourth-order valence-electron chi connectivity index (χ4n) is 3.09. The lowest BCUT2D eigenvalue weighted by molar-refractivity contribution is 0.525. The van der Waals surface area contributed by atoms with Crippen LogP contribution in [0.25, 0.3) is 10.9 Å². The van der Waals surface area contributed by atoms with Gasteiger partial charge in [-0.25, -0.2) is 4.39 Å². The van der Waals surface area contributed by atoms with Gasteiger partial charge in [-0.2, -0.15) is 0 Å². The first-order valence-electron chi connectivity index (χ1n) is 9.42. The molecular formula is C21H33FN2OS. The summed E-state index contributed by atoms with van der Waals surface area (Å²) in [5, 5.41) is 0.901. The van der Waals surface area contributed by atoms with Gasteiger partial charge in [-0.15, -0.1) is 4.72 Å². The third-order valence-corrected chi connectivity index (χ3v) is 6.20. The second-order valence-corrected chi connectivity index (χ2v) is 10.9. The smallest absolute Gasteiger partial charge is 0.136 e. The number of halogens is 1. The van der Waals surface area contributed by atoms with Gasteiger partial charge >= 0.3 is 0 Å². The molecule has 1 N–H and O–H groups in total. The van der Waals surface area contributed by atoms with Gasteiger partial charge in [0.15, 0.2) is 0 Å². The molecule has 1 aromatic heterocycles. The molecule has 0 aliphatic rings. The fraction of sp³-hybridized carbons (Fsp3) is 0.619. The van der Waals surface area contributed by atoms with Gasteiger partial charge in [-0.3, -0.25) is 0 Å². The maximum atomic E-state index is 14.6. The Balaban J connectivity index is 2.54. The topological polar surface area (TPSA) is 40.0 Å². The van der Waals surface area contributed by atoms with Gasteiger partial charge in [-0.1, -0.05) is 27.7 Å². The Morgan fingerprint density at radius 1 is 1.12 bits per heavy atom. The molecule has 0 radical (unpaired) electrons. The molecule has 0 saturated carbocycles. The summed E-state index contributed by atoms with van der Waals surface area (Å²) in [6.07, 6.45) is 2.09. The quantitative estimate of drug-likeness (QED) is 0.656. The minimum absolute atomic E-state index is 0.129. The molecule has 5 heteroatoms. The third-order valence-electron chi connectivity index (χ3n) is 4.52. The van der Waals surface area contributed by atoms with E-state index in [1.165, 1.54) is 0 Å². The number of fused-ring (bicyclic) bond motifs is 1. The van der Waals surface area contributed by atoms with Crippen LogP contribution in [0.2, 0.25) is 0 Å². The van der Waals surface area contributed by atoms with E-state index < -0.39 is 11.4 Å². The first-order chi connectivity index (χ1) is 11.9. The SMILES string of the molecule is CC(C)Cn1cc([C@@H](C)N[S+]([O-])C(C)(C)C)c2cc(F)c(C(C)C)cc21. The summed E-state index contributed by atoms with van der Waals surface area (Å²) < 4.78 is 32.2. The molecule has 0 amide bonds. The van der Waals surface area contributed by atoms with Gasteiger partial charge in [0, 0.05) is 35.0 Å². The standard InChI is InChI=1S/C21H33FN2OS/c1-13(2)11-24-12-18(15(5)23-26(25)21(6,7)8)17-9-19(22)16(14(3)4)10-20(17)24/h9-10,12-15,23H,11H2,1-8H3/t15-,26?/m1/s1. The predicted molar refractivity (Wildman–Crippen MR) is 110 cm³/mol. The first kappa shape index (κ1) is 21.3. The van der Waals surface area contributed by atoms with Crippen LogP contribution in [-0.2, 0) is 17.9 Å². The summed E-state index contributed by atoms with van der Waals surface area (Å²) in [5.74, 6) is 0.451. The molecule has 0 bridgehead atoms. The summed E-state index contributed by atoms with van der Waals surface area (Å²) in [7, 11) is 0. The van der Waals surface area contributed by atoms with Gasteiger partial charge in [0.2, 0.25) is 0 Å². The van der Waals surface area contributed by atoms with Crippen molar-refractivity contribution in [3.05, 3.63) is 35.3 Å². The van der Waals surface area contributed by atoms with Crippen molar-refractivity contribution in [2.24, 2.45) is 5.92 Å². The van der Waals surface area contributed by atoms with Crippen LogP contribution in [0.5, 0.6) is 0 Å². The highest BCUT2D eigenvalue weighted by Gasteiger charge is 2.29. The van der Waals surface area contributed by atoms with Crippen LogP contribution < -0.4 is 4.72 Å². The van der Waals surface area contributed by atoms with Crippen LogP contribution in [0.1, 0.15) is 78.5 Å². The van der Waals surface area contributed by atoms with Gasteiger partial charge < -0.3 is 9.12 Å². The zero-order valence-electron chi connectivity index (χ0n) is 17.3. The number of aromatic nitrogens is 1. The maximum absolute atomic E-state index is 14.6. The van der Waals surface area contributed by atoms with Crippen LogP contribution in [-0.4, -0.2) is 13.9 Å². The largest absolute Gasteiger partial charge is 0.598 e. The van der Waals surface area contributed by atoms with Crippen LogP contribution >= 0.6 is 0 Å². The molecule has 2 atom stereocenters. The maximum Gasteiger partial charge on any atom is 0.136 e. The normalized spacial score (nSPS) is 15.2. The third kappa shape index (κ3) is 4.62. The van der Waals surface area contributed by atoms with Crippen molar-refractivity contribution in [2.75, 3.05) is 0 Å². The van der Waals surface area contributed by atoms with E-state index in [0.717, 1.165) is 28.6 Å². The van der Waals surface area contributed by atoms with Crippen LogP contribution in [0, 0.1) is 11.7 Å². The minimum atomic E-state index is -1.18. The van der Waals surface area contributed by atoms with Crippen molar-refractivity contribution in [1.82, 2.24) is 9.29 Å². The molecule has 0 aliphatic heterocycles. The Labute approximate surface area is 160 Å². The number of hydrogen-bond donors (Lipinski definition) is 1. The summed E-state index contributed by atoms with van der Waals surface area (Å²) in [5.41, 5.74) is 2.78. The summed E-state index contributed by atoms with van der Waals surface area (Å²) in [6, 6.07) is 3.50. The van der Waals surface area contributed by atoms with Crippen molar-refractivity contribution >= 4 is 22.3 Å². The molecule has 0 spiro atoms. The summed E-state index contributed by atoms with van der Waals surface area (Å²) in [4.78, 5) is 0. The molecule has 3 nitrogen and oxygen atoms in total. The minimum Gasteiger partial charge on any atom is -0.598 e. The van der Waals surface area contributed by atoms with Crippen molar-refractivity contribution in [3.8, 4) is 0 Å². The van der Waals surface area contributed by atoms with Crippen LogP contribution in [0.15, 0.2) is 18.3 Å². The van der Waals surface area contributed by atoms with Crippen molar-refractivity contribution in [3.63, 3.8) is 0 Å². The molecule has 0 fully saturated rings. The zero-order chi connectivity index (χ0) is 19.8. The molecule has 1 unspecified atom stereocenters. The number of benzene rings is 1. The van der Waals surface area contributed by atoms with E-state index in [1.54, 1.807) is 6.07 Å². The van der Waals surface area contributed by atoms with Gasteiger partial charge in [0.25, 0.3) is 0 Å². The number of nitrogens with zero attached hydrogens (tertiary/aromatic N) is 1. The molecule has 1 aromatic carbocycles. The van der Waals surface area contributed by atoms with E-state index in [1.807, 2.05) is 47.6 Å². The first-order valence-corrected chi connectivity index (χ1v) is 10.6. The van der Waals surface area contributed by atoms with E-state index in [0.29, 0.717) is 5.92 Å². The molecule has 26 heavy (non-hydrogen) atoms. The summed E-state index contributed by atoms with van der Waals surface area (Å²) >= 11 is -1.18.